The molecule has 0 aliphatic carbocycles. The number of nitrogens with one attached hydrogen (secondary N) is 1. The van der Waals surface area contributed by atoms with Crippen molar-refractivity contribution in [3.05, 3.63) is 24.0 Å². The van der Waals surface area contributed by atoms with Crippen LogP contribution in [0.2, 0.25) is 0 Å². The molecular weight excluding hydrogens is 260 g/mol. The molecule has 0 unspecified atom stereocenters. The Morgan fingerprint density at radius 3 is 2.78 bits per heavy atom. The number of anilines is 1. The second kappa shape index (κ2) is 4.50. The lowest BCUT2D eigenvalue weighted by molar-refractivity contribution is 0.170. The second-order valence-corrected chi connectivity index (χ2v) is 4.93. The minimum Gasteiger partial charge on any atom is -0.447 e. The zero-order valence-corrected chi connectivity index (χ0v) is 9.85. The predicted octanol–water partition coefficient (Wildman–Crippen LogP) is 0.0622. The highest BCUT2D eigenvalue weighted by atomic mass is 32.2. The van der Waals surface area contributed by atoms with Crippen molar-refractivity contribution in [2.75, 3.05) is 17.9 Å². The van der Waals surface area contributed by atoms with Crippen LogP contribution < -0.4 is 4.72 Å². The molecule has 1 aliphatic heterocycles. The van der Waals surface area contributed by atoms with Gasteiger partial charge in [0.05, 0.1) is 18.4 Å². The summed E-state index contributed by atoms with van der Waals surface area (Å²) < 4.78 is 30.9. The Kier molecular flexibility index (Phi) is 3.03. The van der Waals surface area contributed by atoms with E-state index in [1.165, 1.54) is 18.3 Å². The number of hydrogen-bond donors (Lipinski definition) is 1. The predicted molar refractivity (Wildman–Crippen MR) is 59.5 cm³/mol. The van der Waals surface area contributed by atoms with E-state index in [0.717, 1.165) is 0 Å². The first kappa shape index (κ1) is 12.1. The average molecular weight is 268 g/mol. The molecule has 0 atom stereocenters. The van der Waals surface area contributed by atoms with Crippen LogP contribution in [-0.2, 0) is 14.9 Å². The van der Waals surface area contributed by atoms with Crippen LogP contribution in [0.5, 0.6) is 0 Å². The Labute approximate surface area is 103 Å². The third-order valence-electron chi connectivity index (χ3n) is 2.14. The molecule has 2 rings (SSSR count). The maximum Gasteiger partial charge on any atom is 0.425 e. The minimum atomic E-state index is -4.00. The van der Waals surface area contributed by atoms with E-state index in [2.05, 4.69) is 14.4 Å². The summed E-state index contributed by atoms with van der Waals surface area (Å²) in [7, 11) is -4.00. The van der Waals surface area contributed by atoms with Crippen molar-refractivity contribution in [2.24, 2.45) is 0 Å². The zero-order chi connectivity index (χ0) is 13.2. The van der Waals surface area contributed by atoms with Crippen LogP contribution in [0.1, 0.15) is 5.69 Å². The van der Waals surface area contributed by atoms with Gasteiger partial charge in [-0.3, -0.25) is 4.72 Å². The molecule has 94 valence electrons. The van der Waals surface area contributed by atoms with Crippen molar-refractivity contribution in [3.8, 4) is 6.07 Å². The van der Waals surface area contributed by atoms with Gasteiger partial charge in [-0.2, -0.15) is 18.0 Å². The van der Waals surface area contributed by atoms with E-state index < -0.39 is 16.3 Å². The van der Waals surface area contributed by atoms with E-state index in [9.17, 15) is 13.2 Å². The van der Waals surface area contributed by atoms with Gasteiger partial charge in [0, 0.05) is 0 Å². The molecule has 1 aliphatic rings. The first-order valence-corrected chi connectivity index (χ1v) is 6.30. The van der Waals surface area contributed by atoms with Crippen molar-refractivity contribution in [1.82, 2.24) is 9.29 Å². The first-order valence-electron chi connectivity index (χ1n) is 4.86. The van der Waals surface area contributed by atoms with E-state index in [4.69, 9.17) is 5.26 Å². The second-order valence-electron chi connectivity index (χ2n) is 3.34. The molecular formula is C9H8N4O4S. The molecule has 2 heterocycles. The zero-order valence-electron chi connectivity index (χ0n) is 9.03. The van der Waals surface area contributed by atoms with Gasteiger partial charge in [0.1, 0.15) is 18.4 Å². The van der Waals surface area contributed by atoms with Crippen LogP contribution in [0.3, 0.4) is 0 Å². The van der Waals surface area contributed by atoms with E-state index >= 15 is 0 Å². The van der Waals surface area contributed by atoms with Gasteiger partial charge >= 0.3 is 16.3 Å². The number of aromatic nitrogens is 1. The normalized spacial score (nSPS) is 15.1. The van der Waals surface area contributed by atoms with Crippen molar-refractivity contribution in [3.63, 3.8) is 0 Å². The number of nitriles is 1. The van der Waals surface area contributed by atoms with Crippen LogP contribution in [0.4, 0.5) is 10.5 Å². The Morgan fingerprint density at radius 1 is 1.50 bits per heavy atom. The summed E-state index contributed by atoms with van der Waals surface area (Å²) in [5.74, 6) is 0. The van der Waals surface area contributed by atoms with Crippen molar-refractivity contribution >= 4 is 22.0 Å². The lowest BCUT2D eigenvalue weighted by Crippen LogP contribution is -2.36. The van der Waals surface area contributed by atoms with E-state index in [1.807, 2.05) is 0 Å². The topological polar surface area (TPSA) is 112 Å². The molecule has 0 spiro atoms. The fourth-order valence-electron chi connectivity index (χ4n) is 1.32. The van der Waals surface area contributed by atoms with Crippen LogP contribution in [0.15, 0.2) is 18.3 Å². The molecule has 18 heavy (non-hydrogen) atoms. The van der Waals surface area contributed by atoms with Crippen LogP contribution in [-0.4, -0.2) is 37.0 Å². The highest BCUT2D eigenvalue weighted by molar-refractivity contribution is 7.90. The van der Waals surface area contributed by atoms with Gasteiger partial charge in [0.25, 0.3) is 0 Å². The van der Waals surface area contributed by atoms with Crippen LogP contribution >= 0.6 is 0 Å². The number of rotatable bonds is 3. The summed E-state index contributed by atoms with van der Waals surface area (Å²) in [5.41, 5.74) is 0.326. The summed E-state index contributed by atoms with van der Waals surface area (Å²) in [6, 6.07) is 4.55. The van der Waals surface area contributed by atoms with Gasteiger partial charge in [-0.25, -0.2) is 9.78 Å². The monoisotopic (exact) mass is 268 g/mol. The lowest BCUT2D eigenvalue weighted by atomic mass is 10.3. The summed E-state index contributed by atoms with van der Waals surface area (Å²) >= 11 is 0. The minimum absolute atomic E-state index is 0.0299. The SMILES string of the molecule is N#Cc1ccc(NS(=O)(=O)N2CCOC2=O)cn1. The maximum absolute atomic E-state index is 11.8. The van der Waals surface area contributed by atoms with Gasteiger partial charge in [-0.05, 0) is 12.1 Å². The van der Waals surface area contributed by atoms with Crippen molar-refractivity contribution in [2.45, 2.75) is 0 Å². The van der Waals surface area contributed by atoms with Gasteiger partial charge in [-0.1, -0.05) is 0 Å². The molecule has 1 saturated heterocycles. The number of hydrogen-bond acceptors (Lipinski definition) is 6. The number of pyridine rings is 1. The van der Waals surface area contributed by atoms with Crippen molar-refractivity contribution < 1.29 is 17.9 Å². The molecule has 1 aromatic heterocycles. The summed E-state index contributed by atoms with van der Waals surface area (Å²) in [6.45, 7) is 0.00321. The number of ether oxygens (including phenoxy) is 1. The molecule has 0 bridgehead atoms. The Morgan fingerprint density at radius 2 is 2.28 bits per heavy atom. The highest BCUT2D eigenvalue weighted by Crippen LogP contribution is 2.14. The third-order valence-corrected chi connectivity index (χ3v) is 3.54. The van der Waals surface area contributed by atoms with E-state index in [0.29, 0.717) is 4.31 Å². The first-order chi connectivity index (χ1) is 8.53. The number of carbonyl (C=O) groups excluding carboxylic acids is 1. The number of amides is 1. The fourth-order valence-corrected chi connectivity index (χ4v) is 2.41. The molecule has 1 aromatic rings. The summed E-state index contributed by atoms with van der Waals surface area (Å²) in [5, 5.41) is 8.55. The number of carbonyl (C=O) groups is 1. The summed E-state index contributed by atoms with van der Waals surface area (Å²) in [6.07, 6.45) is 0.279. The van der Waals surface area contributed by atoms with Gasteiger partial charge in [-0.15, -0.1) is 0 Å². The van der Waals surface area contributed by atoms with Crippen LogP contribution in [0, 0.1) is 11.3 Å². The Balaban J connectivity index is 2.17. The fraction of sp³-hybridized carbons (Fsp3) is 0.222. The van der Waals surface area contributed by atoms with Crippen molar-refractivity contribution in [1.29, 1.82) is 5.26 Å². The molecule has 1 fully saturated rings. The highest BCUT2D eigenvalue weighted by Gasteiger charge is 2.33. The number of nitrogens with zero attached hydrogens (tertiary/aromatic N) is 3. The average Bonchev–Trinajstić information content (AvgIpc) is 2.77. The third kappa shape index (κ3) is 2.33. The molecule has 9 heteroatoms. The maximum atomic E-state index is 11.8. The van der Waals surface area contributed by atoms with Crippen LogP contribution in [0.25, 0.3) is 0 Å². The van der Waals surface area contributed by atoms with E-state index in [-0.39, 0.29) is 24.5 Å². The lowest BCUT2D eigenvalue weighted by Gasteiger charge is -2.14. The smallest absolute Gasteiger partial charge is 0.425 e. The standard InChI is InChI=1S/C9H8N4O4S/c10-5-7-1-2-8(6-11-7)12-18(15,16)13-3-4-17-9(13)14/h1-2,6,12H,3-4H2. The Hall–Kier alpha value is -2.34. The molecule has 0 aromatic carbocycles. The van der Waals surface area contributed by atoms with Gasteiger partial charge < -0.3 is 4.74 Å². The number of cyclic esters (lactones) is 1. The molecule has 0 saturated carbocycles. The summed E-state index contributed by atoms with van der Waals surface area (Å²) in [4.78, 5) is 14.8. The van der Waals surface area contributed by atoms with Gasteiger partial charge in [0.15, 0.2) is 0 Å². The molecule has 1 amide bonds. The van der Waals surface area contributed by atoms with E-state index in [1.54, 1.807) is 6.07 Å². The molecule has 8 nitrogen and oxygen atoms in total. The largest absolute Gasteiger partial charge is 0.447 e. The molecule has 1 N–H and O–H groups in total. The quantitative estimate of drug-likeness (QED) is 0.829. The molecule has 0 radical (unpaired) electrons. The Bertz CT molecular complexity index is 604. The van der Waals surface area contributed by atoms with Gasteiger partial charge in [0.2, 0.25) is 0 Å².